The molecule has 0 saturated heterocycles. The first-order valence-corrected chi connectivity index (χ1v) is 7.39. The summed E-state index contributed by atoms with van der Waals surface area (Å²) < 4.78 is 5.49. The lowest BCUT2D eigenvalue weighted by Gasteiger charge is -2.27. The van der Waals surface area contributed by atoms with Crippen LogP contribution in [0.1, 0.15) is 26.3 Å². The van der Waals surface area contributed by atoms with E-state index in [-0.39, 0.29) is 0 Å². The molecule has 2 aromatic rings. The molecule has 0 radical (unpaired) electrons. The van der Waals surface area contributed by atoms with Crippen LogP contribution in [0.3, 0.4) is 0 Å². The van der Waals surface area contributed by atoms with Gasteiger partial charge in [-0.25, -0.2) is 9.78 Å². The first kappa shape index (κ1) is 16.3. The van der Waals surface area contributed by atoms with E-state index in [0.717, 1.165) is 5.56 Å². The van der Waals surface area contributed by atoms with Crippen molar-refractivity contribution in [3.05, 3.63) is 59.4 Å². The van der Waals surface area contributed by atoms with Gasteiger partial charge in [-0.3, -0.25) is 4.90 Å². The number of halogens is 1. The summed E-state index contributed by atoms with van der Waals surface area (Å²) in [5.74, 6) is 0. The Morgan fingerprint density at radius 3 is 2.50 bits per heavy atom. The van der Waals surface area contributed by atoms with Gasteiger partial charge in [0.1, 0.15) is 10.8 Å². The molecule has 0 unspecified atom stereocenters. The molecule has 0 bridgehead atoms. The number of benzene rings is 1. The fourth-order valence-electron chi connectivity index (χ4n) is 1.90. The Labute approximate surface area is 135 Å². The summed E-state index contributed by atoms with van der Waals surface area (Å²) in [6.07, 6.45) is 1.15. The number of hydrogen-bond acceptors (Lipinski definition) is 3. The van der Waals surface area contributed by atoms with Gasteiger partial charge in [-0.05, 0) is 38.5 Å². The van der Waals surface area contributed by atoms with Gasteiger partial charge in [0.2, 0.25) is 0 Å². The number of pyridine rings is 1. The second-order valence-corrected chi connectivity index (χ2v) is 6.28. The van der Waals surface area contributed by atoms with Gasteiger partial charge in [0.15, 0.2) is 0 Å². The minimum Gasteiger partial charge on any atom is -0.443 e. The molecule has 22 heavy (non-hydrogen) atoms. The SMILES string of the molecule is CC(C)(C)OC(=O)N(Cc1ccccc1)c1ccnc(Cl)c1. The molecule has 2 rings (SSSR count). The second kappa shape index (κ2) is 6.79. The molecule has 5 heteroatoms. The van der Waals surface area contributed by atoms with Crippen LogP contribution < -0.4 is 4.90 Å². The van der Waals surface area contributed by atoms with E-state index >= 15 is 0 Å². The summed E-state index contributed by atoms with van der Waals surface area (Å²) in [6.45, 7) is 5.91. The summed E-state index contributed by atoms with van der Waals surface area (Å²) in [7, 11) is 0. The van der Waals surface area contributed by atoms with E-state index in [9.17, 15) is 4.79 Å². The minimum atomic E-state index is -0.567. The highest BCUT2D eigenvalue weighted by Gasteiger charge is 2.23. The van der Waals surface area contributed by atoms with Gasteiger partial charge in [0, 0.05) is 6.20 Å². The monoisotopic (exact) mass is 318 g/mol. The van der Waals surface area contributed by atoms with Crippen LogP contribution in [0.5, 0.6) is 0 Å². The lowest BCUT2D eigenvalue weighted by atomic mass is 10.2. The predicted molar refractivity (Wildman–Crippen MR) is 88.1 cm³/mol. The third kappa shape index (κ3) is 4.74. The van der Waals surface area contributed by atoms with Crippen LogP contribution in [0.4, 0.5) is 10.5 Å². The van der Waals surface area contributed by atoms with E-state index in [4.69, 9.17) is 16.3 Å². The van der Waals surface area contributed by atoms with Gasteiger partial charge in [0.25, 0.3) is 0 Å². The number of rotatable bonds is 3. The first-order valence-electron chi connectivity index (χ1n) is 7.01. The maximum atomic E-state index is 12.5. The Bertz CT molecular complexity index is 639. The summed E-state index contributed by atoms with van der Waals surface area (Å²) in [5.41, 5.74) is 1.09. The van der Waals surface area contributed by atoms with E-state index in [0.29, 0.717) is 17.4 Å². The Kier molecular flexibility index (Phi) is 5.03. The molecule has 0 spiro atoms. The van der Waals surface area contributed by atoms with E-state index in [1.807, 2.05) is 51.1 Å². The molecule has 0 aliphatic carbocycles. The standard InChI is InChI=1S/C17H19ClN2O2/c1-17(2,3)22-16(21)20(12-13-7-5-4-6-8-13)14-9-10-19-15(18)11-14/h4-11H,12H2,1-3H3. The number of aromatic nitrogens is 1. The van der Waals surface area contributed by atoms with Crippen molar-refractivity contribution in [3.63, 3.8) is 0 Å². The van der Waals surface area contributed by atoms with Gasteiger partial charge in [0.05, 0.1) is 12.2 Å². The highest BCUT2D eigenvalue weighted by Crippen LogP contribution is 2.22. The smallest absolute Gasteiger partial charge is 0.415 e. The highest BCUT2D eigenvalue weighted by atomic mass is 35.5. The summed E-state index contributed by atoms with van der Waals surface area (Å²) >= 11 is 5.94. The fourth-order valence-corrected chi connectivity index (χ4v) is 2.07. The summed E-state index contributed by atoms with van der Waals surface area (Å²) in [5, 5.41) is 0.333. The van der Waals surface area contributed by atoms with Gasteiger partial charge < -0.3 is 4.74 Å². The largest absolute Gasteiger partial charge is 0.443 e. The van der Waals surface area contributed by atoms with Crippen molar-refractivity contribution in [2.24, 2.45) is 0 Å². The van der Waals surface area contributed by atoms with Crippen molar-refractivity contribution in [2.45, 2.75) is 32.9 Å². The van der Waals surface area contributed by atoms with Gasteiger partial charge in [-0.2, -0.15) is 0 Å². The molecule has 0 fully saturated rings. The van der Waals surface area contributed by atoms with Crippen LogP contribution in [-0.2, 0) is 11.3 Å². The fraction of sp³-hybridized carbons (Fsp3) is 0.294. The van der Waals surface area contributed by atoms with Gasteiger partial charge in [-0.1, -0.05) is 41.9 Å². The Hall–Kier alpha value is -2.07. The van der Waals surface area contributed by atoms with Crippen molar-refractivity contribution < 1.29 is 9.53 Å². The zero-order valence-electron chi connectivity index (χ0n) is 12.9. The number of hydrogen-bond donors (Lipinski definition) is 0. The second-order valence-electron chi connectivity index (χ2n) is 5.89. The molecule has 0 aliphatic heterocycles. The third-order valence-corrected chi connectivity index (χ3v) is 3.03. The van der Waals surface area contributed by atoms with Crippen LogP contribution in [-0.4, -0.2) is 16.7 Å². The number of anilines is 1. The summed E-state index contributed by atoms with van der Waals surface area (Å²) in [6, 6.07) is 13.1. The van der Waals surface area contributed by atoms with Crippen LogP contribution in [0.25, 0.3) is 0 Å². The van der Waals surface area contributed by atoms with E-state index in [2.05, 4.69) is 4.98 Å². The molecule has 116 valence electrons. The normalized spacial score (nSPS) is 11.1. The zero-order chi connectivity index (χ0) is 16.2. The van der Waals surface area contributed by atoms with E-state index < -0.39 is 11.7 Å². The van der Waals surface area contributed by atoms with E-state index in [1.54, 1.807) is 23.2 Å². The quantitative estimate of drug-likeness (QED) is 0.772. The Morgan fingerprint density at radius 1 is 1.23 bits per heavy atom. The Balaban J connectivity index is 2.30. The van der Waals surface area contributed by atoms with Gasteiger partial charge >= 0.3 is 6.09 Å². The molecule has 1 heterocycles. The molecular weight excluding hydrogens is 300 g/mol. The number of carbonyl (C=O) groups excluding carboxylic acids is 1. The molecule has 1 aromatic carbocycles. The van der Waals surface area contributed by atoms with Crippen molar-refractivity contribution in [1.82, 2.24) is 4.98 Å². The first-order chi connectivity index (χ1) is 10.3. The molecule has 0 aliphatic rings. The van der Waals surface area contributed by atoms with Crippen LogP contribution in [0.15, 0.2) is 48.7 Å². The molecule has 0 N–H and O–H groups in total. The average molecular weight is 319 g/mol. The Morgan fingerprint density at radius 2 is 1.91 bits per heavy atom. The number of ether oxygens (including phenoxy) is 1. The molecule has 1 aromatic heterocycles. The molecule has 1 amide bonds. The summed E-state index contributed by atoms with van der Waals surface area (Å²) in [4.78, 5) is 18.0. The van der Waals surface area contributed by atoms with Gasteiger partial charge in [-0.15, -0.1) is 0 Å². The molecule has 4 nitrogen and oxygen atoms in total. The zero-order valence-corrected chi connectivity index (χ0v) is 13.7. The maximum absolute atomic E-state index is 12.5. The van der Waals surface area contributed by atoms with Crippen molar-refractivity contribution in [2.75, 3.05) is 4.90 Å². The number of amides is 1. The molecule has 0 atom stereocenters. The highest BCUT2D eigenvalue weighted by molar-refractivity contribution is 6.29. The topological polar surface area (TPSA) is 42.4 Å². The number of carbonyl (C=O) groups is 1. The van der Waals surface area contributed by atoms with Crippen molar-refractivity contribution >= 4 is 23.4 Å². The lowest BCUT2D eigenvalue weighted by Crippen LogP contribution is -2.36. The van der Waals surface area contributed by atoms with Crippen molar-refractivity contribution in [3.8, 4) is 0 Å². The minimum absolute atomic E-state index is 0.333. The third-order valence-electron chi connectivity index (χ3n) is 2.82. The van der Waals surface area contributed by atoms with Crippen LogP contribution >= 0.6 is 11.6 Å². The average Bonchev–Trinajstić information content (AvgIpc) is 2.44. The predicted octanol–water partition coefficient (Wildman–Crippen LogP) is 4.68. The molecule has 0 saturated carbocycles. The van der Waals surface area contributed by atoms with Crippen LogP contribution in [0.2, 0.25) is 5.15 Å². The van der Waals surface area contributed by atoms with Crippen LogP contribution in [0, 0.1) is 0 Å². The molecular formula is C17H19ClN2O2. The van der Waals surface area contributed by atoms with Crippen molar-refractivity contribution in [1.29, 1.82) is 0 Å². The van der Waals surface area contributed by atoms with E-state index in [1.165, 1.54) is 0 Å². The number of nitrogens with zero attached hydrogens (tertiary/aromatic N) is 2. The lowest BCUT2D eigenvalue weighted by molar-refractivity contribution is 0.0577. The maximum Gasteiger partial charge on any atom is 0.415 e.